The summed E-state index contributed by atoms with van der Waals surface area (Å²) < 4.78 is 41.4. The highest BCUT2D eigenvalue weighted by Crippen LogP contribution is 2.38. The van der Waals surface area contributed by atoms with Crippen LogP contribution in [0.2, 0.25) is 0 Å². The third kappa shape index (κ3) is 3.19. The molecule has 1 N–H and O–H groups in total. The molecular weight excluding hydrogens is 329 g/mol. The van der Waals surface area contributed by atoms with E-state index in [9.17, 15) is 18.0 Å². The van der Waals surface area contributed by atoms with Crippen LogP contribution in [0.5, 0.6) is 0 Å². The summed E-state index contributed by atoms with van der Waals surface area (Å²) in [4.78, 5) is 12.1. The summed E-state index contributed by atoms with van der Waals surface area (Å²) in [7, 11) is 0. The summed E-state index contributed by atoms with van der Waals surface area (Å²) in [5.74, 6) is -0.111. The number of nitrogens with one attached hydrogen (secondary N) is 1. The van der Waals surface area contributed by atoms with E-state index >= 15 is 0 Å². The Labute approximate surface area is 145 Å². The van der Waals surface area contributed by atoms with E-state index in [-0.39, 0.29) is 24.2 Å². The van der Waals surface area contributed by atoms with Crippen LogP contribution in [0.3, 0.4) is 0 Å². The molecule has 1 aromatic heterocycles. The number of halogens is 3. The van der Waals surface area contributed by atoms with Crippen LogP contribution in [0.1, 0.15) is 48.8 Å². The van der Waals surface area contributed by atoms with Crippen molar-refractivity contribution in [2.45, 2.75) is 51.9 Å². The Hall–Kier alpha value is -1.82. The summed E-state index contributed by atoms with van der Waals surface area (Å²) >= 11 is 0. The molecule has 1 aliphatic rings. The van der Waals surface area contributed by atoms with Crippen LogP contribution in [0, 0.1) is 12.8 Å². The van der Waals surface area contributed by atoms with Crippen LogP contribution in [0.25, 0.3) is 10.9 Å². The van der Waals surface area contributed by atoms with Gasteiger partial charge in [-0.2, -0.15) is 13.2 Å². The molecule has 1 aliphatic heterocycles. The van der Waals surface area contributed by atoms with Crippen LogP contribution in [-0.2, 0) is 0 Å². The quantitative estimate of drug-likeness (QED) is 0.816. The number of para-hydroxylation sites is 1. The molecule has 1 saturated heterocycles. The lowest BCUT2D eigenvalue weighted by Crippen LogP contribution is -2.48. The van der Waals surface area contributed by atoms with E-state index in [4.69, 9.17) is 0 Å². The Morgan fingerprint density at radius 2 is 2.00 bits per heavy atom. The van der Waals surface area contributed by atoms with Crippen molar-refractivity contribution in [3.8, 4) is 0 Å². The molecule has 6 heteroatoms. The number of carbonyl (C=O) groups excluding carboxylic acids is 1. The summed E-state index contributed by atoms with van der Waals surface area (Å²) in [6.07, 6.45) is -3.47. The number of hydrogen-bond donors (Lipinski definition) is 1. The summed E-state index contributed by atoms with van der Waals surface area (Å²) in [6, 6.07) is 6.06. The number of nitrogens with zero attached hydrogens (tertiary/aromatic N) is 1. The molecule has 25 heavy (non-hydrogen) atoms. The van der Waals surface area contributed by atoms with Crippen molar-refractivity contribution in [1.29, 1.82) is 0 Å². The number of hydrogen-bond acceptors (Lipinski definition) is 2. The van der Waals surface area contributed by atoms with Crippen LogP contribution >= 0.6 is 0 Å². The molecule has 0 amide bonds. The second-order valence-corrected chi connectivity index (χ2v) is 6.98. The summed E-state index contributed by atoms with van der Waals surface area (Å²) in [5.41, 5.74) is 2.42. The lowest BCUT2D eigenvalue weighted by Gasteiger charge is -2.36. The monoisotopic (exact) mass is 352 g/mol. The molecule has 0 saturated carbocycles. The summed E-state index contributed by atoms with van der Waals surface area (Å²) in [5, 5.41) is 3.46. The largest absolute Gasteiger partial charge is 0.403 e. The lowest BCUT2D eigenvalue weighted by atomic mass is 9.86. The van der Waals surface area contributed by atoms with Crippen LogP contribution < -0.4 is 5.32 Å². The van der Waals surface area contributed by atoms with Gasteiger partial charge in [0.2, 0.25) is 0 Å². The van der Waals surface area contributed by atoms with Crippen LogP contribution in [-0.4, -0.2) is 29.1 Å². The van der Waals surface area contributed by atoms with Gasteiger partial charge in [0.15, 0.2) is 5.78 Å². The highest BCUT2D eigenvalue weighted by atomic mass is 19.4. The molecule has 0 bridgehead atoms. The van der Waals surface area contributed by atoms with Crippen LogP contribution in [0.15, 0.2) is 24.3 Å². The fraction of sp³-hybridized carbons (Fsp3) is 0.526. The Balaban J connectivity index is 2.01. The van der Waals surface area contributed by atoms with Crippen molar-refractivity contribution in [3.05, 3.63) is 35.5 Å². The lowest BCUT2D eigenvalue weighted by molar-refractivity contribution is -0.164. The van der Waals surface area contributed by atoms with Crippen molar-refractivity contribution in [2.24, 2.45) is 5.92 Å². The van der Waals surface area contributed by atoms with Gasteiger partial charge in [0.05, 0.1) is 0 Å². The highest BCUT2D eigenvalue weighted by Gasteiger charge is 2.43. The maximum Gasteiger partial charge on any atom is 0.403 e. The molecule has 3 atom stereocenters. The Morgan fingerprint density at radius 3 is 2.64 bits per heavy atom. The highest BCUT2D eigenvalue weighted by molar-refractivity contribution is 6.08. The van der Waals surface area contributed by atoms with Gasteiger partial charge in [-0.1, -0.05) is 18.2 Å². The maximum absolute atomic E-state index is 13.1. The molecule has 1 fully saturated rings. The first-order chi connectivity index (χ1) is 11.7. The number of aromatic nitrogens is 1. The Bertz CT molecular complexity index is 794. The molecule has 2 heterocycles. The van der Waals surface area contributed by atoms with Crippen molar-refractivity contribution in [3.63, 3.8) is 0 Å². The SMILES string of the molecule is CC(=O)c1c(C)n(C(C)C2CCNC(C(F)(F)F)C2)c2ccccc12. The van der Waals surface area contributed by atoms with Gasteiger partial charge < -0.3 is 9.88 Å². The molecule has 0 spiro atoms. The van der Waals surface area contributed by atoms with Gasteiger partial charge >= 0.3 is 6.18 Å². The van der Waals surface area contributed by atoms with E-state index in [0.29, 0.717) is 18.5 Å². The van der Waals surface area contributed by atoms with E-state index in [1.807, 2.05) is 38.1 Å². The fourth-order valence-electron chi connectivity index (χ4n) is 4.21. The number of fused-ring (bicyclic) bond motifs is 1. The minimum absolute atomic E-state index is 0.0156. The average molecular weight is 352 g/mol. The van der Waals surface area contributed by atoms with Gasteiger partial charge in [-0.25, -0.2) is 0 Å². The van der Waals surface area contributed by atoms with Gasteiger partial charge in [0.1, 0.15) is 6.04 Å². The predicted octanol–water partition coefficient (Wildman–Crippen LogP) is 4.64. The molecule has 3 rings (SSSR count). The van der Waals surface area contributed by atoms with Gasteiger partial charge in [0, 0.05) is 28.2 Å². The van der Waals surface area contributed by atoms with Gasteiger partial charge in [-0.3, -0.25) is 4.79 Å². The first-order valence-electron chi connectivity index (χ1n) is 8.62. The molecular formula is C19H23F3N2O. The number of alkyl halides is 3. The van der Waals surface area contributed by atoms with E-state index in [1.54, 1.807) is 0 Å². The van der Waals surface area contributed by atoms with E-state index in [2.05, 4.69) is 9.88 Å². The smallest absolute Gasteiger partial charge is 0.341 e. The number of carbonyl (C=O) groups is 1. The van der Waals surface area contributed by atoms with Crippen molar-refractivity contribution < 1.29 is 18.0 Å². The van der Waals surface area contributed by atoms with Gasteiger partial charge in [-0.05, 0) is 52.1 Å². The number of piperidine rings is 1. The third-order valence-electron chi connectivity index (χ3n) is 5.44. The minimum atomic E-state index is -4.23. The standard InChI is InChI=1S/C19H23F3N2O/c1-11(14-8-9-23-17(10-14)19(20,21)22)24-12(2)18(13(3)25)15-6-4-5-7-16(15)24/h4-7,11,14,17,23H,8-10H2,1-3H3. The molecule has 1 aromatic carbocycles. The minimum Gasteiger partial charge on any atom is -0.341 e. The molecule has 3 nitrogen and oxygen atoms in total. The number of benzene rings is 1. The Kier molecular flexibility index (Phi) is 4.66. The number of Topliss-reactive ketones (excluding diaryl/α,β-unsaturated/α-hetero) is 1. The summed E-state index contributed by atoms with van der Waals surface area (Å²) in [6.45, 7) is 5.74. The van der Waals surface area contributed by atoms with Gasteiger partial charge in [0.25, 0.3) is 0 Å². The van der Waals surface area contributed by atoms with Crippen molar-refractivity contribution >= 4 is 16.7 Å². The predicted molar refractivity (Wildman–Crippen MR) is 92.0 cm³/mol. The number of ketones is 1. The fourth-order valence-corrected chi connectivity index (χ4v) is 4.21. The first kappa shape index (κ1) is 18.0. The van der Waals surface area contributed by atoms with Crippen LogP contribution in [0.4, 0.5) is 13.2 Å². The molecule has 2 aromatic rings. The zero-order chi connectivity index (χ0) is 18.4. The number of rotatable bonds is 3. The first-order valence-corrected chi connectivity index (χ1v) is 8.62. The van der Waals surface area contributed by atoms with Gasteiger partial charge in [-0.15, -0.1) is 0 Å². The molecule has 0 radical (unpaired) electrons. The zero-order valence-electron chi connectivity index (χ0n) is 14.7. The average Bonchev–Trinajstić information content (AvgIpc) is 2.85. The second-order valence-electron chi connectivity index (χ2n) is 6.98. The third-order valence-corrected chi connectivity index (χ3v) is 5.44. The molecule has 0 aliphatic carbocycles. The Morgan fingerprint density at radius 1 is 1.32 bits per heavy atom. The maximum atomic E-state index is 13.1. The van der Waals surface area contributed by atoms with E-state index in [0.717, 1.165) is 16.6 Å². The zero-order valence-corrected chi connectivity index (χ0v) is 14.7. The van der Waals surface area contributed by atoms with E-state index in [1.165, 1.54) is 6.92 Å². The molecule has 136 valence electrons. The second kappa shape index (κ2) is 6.48. The van der Waals surface area contributed by atoms with E-state index < -0.39 is 12.2 Å². The van der Waals surface area contributed by atoms with Crippen molar-refractivity contribution in [1.82, 2.24) is 9.88 Å². The molecule has 3 unspecified atom stereocenters. The normalized spacial score (nSPS) is 23.0. The van der Waals surface area contributed by atoms with Crippen molar-refractivity contribution in [2.75, 3.05) is 6.54 Å². The topological polar surface area (TPSA) is 34.0 Å².